The normalized spacial score (nSPS) is 22.4. The highest BCUT2D eigenvalue weighted by Crippen LogP contribution is 2.29. The molecular weight excluding hydrogens is 284 g/mol. The van der Waals surface area contributed by atoms with Crippen LogP contribution in [0.3, 0.4) is 0 Å². The monoisotopic (exact) mass is 300 g/mol. The minimum absolute atomic E-state index is 0.0685. The molecule has 2 N–H and O–H groups in total. The van der Waals surface area contributed by atoms with Crippen LogP contribution in [-0.4, -0.2) is 39.0 Å². The fourth-order valence-corrected chi connectivity index (χ4v) is 4.02. The molecule has 1 aliphatic carbocycles. The number of amides is 1. The van der Waals surface area contributed by atoms with Crippen LogP contribution >= 0.6 is 23.1 Å². The fraction of sp³-hybridized carbons (Fsp3) is 0.583. The van der Waals surface area contributed by atoms with E-state index in [2.05, 4.69) is 17.2 Å². The Balaban J connectivity index is 1.89. The molecule has 1 amide bonds. The minimum atomic E-state index is -1.10. The Morgan fingerprint density at radius 1 is 1.58 bits per heavy atom. The third-order valence-corrected chi connectivity index (χ3v) is 5.11. The van der Waals surface area contributed by atoms with Gasteiger partial charge in [-0.1, -0.05) is 6.92 Å². The van der Waals surface area contributed by atoms with Crippen molar-refractivity contribution in [1.29, 1.82) is 0 Å². The standard InChI is InChI=1S/C12H16N2O3S2/c1-2-18-8-4-3-7(5-8)13-10(15)11-14-9(6-19-11)12(16)17/h6-8H,2-5H2,1H3,(H,13,15)(H,16,17). The van der Waals surface area contributed by atoms with Crippen LogP contribution in [0.4, 0.5) is 0 Å². The summed E-state index contributed by atoms with van der Waals surface area (Å²) in [5.41, 5.74) is -0.0685. The molecule has 1 heterocycles. The lowest BCUT2D eigenvalue weighted by molar-refractivity contribution is 0.0691. The van der Waals surface area contributed by atoms with E-state index >= 15 is 0 Å². The molecule has 7 heteroatoms. The Bertz CT molecular complexity index is 475. The number of rotatable bonds is 5. The van der Waals surface area contributed by atoms with Crippen LogP contribution in [0.15, 0.2) is 5.38 Å². The van der Waals surface area contributed by atoms with E-state index in [1.807, 2.05) is 11.8 Å². The number of nitrogens with zero attached hydrogens (tertiary/aromatic N) is 1. The van der Waals surface area contributed by atoms with E-state index < -0.39 is 5.97 Å². The molecule has 1 aromatic rings. The zero-order chi connectivity index (χ0) is 13.8. The van der Waals surface area contributed by atoms with Gasteiger partial charge in [0.2, 0.25) is 0 Å². The Morgan fingerprint density at radius 3 is 3.00 bits per heavy atom. The average molecular weight is 300 g/mol. The van der Waals surface area contributed by atoms with Gasteiger partial charge >= 0.3 is 5.97 Å². The average Bonchev–Trinajstić information content (AvgIpc) is 2.98. The van der Waals surface area contributed by atoms with Crippen LogP contribution in [-0.2, 0) is 0 Å². The Kier molecular flexibility index (Phi) is 4.81. The lowest BCUT2D eigenvalue weighted by atomic mass is 10.2. The summed E-state index contributed by atoms with van der Waals surface area (Å²) in [6.07, 6.45) is 3.10. The molecule has 1 aromatic heterocycles. The van der Waals surface area contributed by atoms with E-state index in [4.69, 9.17) is 5.11 Å². The van der Waals surface area contributed by atoms with E-state index in [0.717, 1.165) is 36.4 Å². The van der Waals surface area contributed by atoms with Crippen LogP contribution in [0, 0.1) is 0 Å². The van der Waals surface area contributed by atoms with Gasteiger partial charge in [-0.15, -0.1) is 11.3 Å². The summed E-state index contributed by atoms with van der Waals surface area (Å²) in [5.74, 6) is -0.264. The molecule has 2 unspecified atom stereocenters. The molecular formula is C12H16N2O3S2. The molecule has 2 atom stereocenters. The number of nitrogens with one attached hydrogen (secondary N) is 1. The summed E-state index contributed by atoms with van der Waals surface area (Å²) in [6, 6.07) is 0.189. The molecule has 5 nitrogen and oxygen atoms in total. The second-order valence-electron chi connectivity index (χ2n) is 4.40. The summed E-state index contributed by atoms with van der Waals surface area (Å²) < 4.78 is 0. The molecule has 0 saturated heterocycles. The SMILES string of the molecule is CCSC1CCC(NC(=O)c2nc(C(=O)O)cs2)C1. The first kappa shape index (κ1) is 14.3. The number of carboxylic acid groups (broad SMARTS) is 1. The molecule has 19 heavy (non-hydrogen) atoms. The fourth-order valence-electron chi connectivity index (χ4n) is 2.18. The van der Waals surface area contributed by atoms with Crippen molar-refractivity contribution in [3.8, 4) is 0 Å². The van der Waals surface area contributed by atoms with Gasteiger partial charge in [-0.05, 0) is 25.0 Å². The van der Waals surface area contributed by atoms with E-state index in [1.54, 1.807) is 0 Å². The van der Waals surface area contributed by atoms with Gasteiger partial charge in [-0.3, -0.25) is 4.79 Å². The number of hydrogen-bond donors (Lipinski definition) is 2. The zero-order valence-electron chi connectivity index (χ0n) is 10.6. The van der Waals surface area contributed by atoms with Crippen molar-refractivity contribution < 1.29 is 14.7 Å². The van der Waals surface area contributed by atoms with Gasteiger partial charge in [0.1, 0.15) is 0 Å². The van der Waals surface area contributed by atoms with E-state index in [0.29, 0.717) is 5.25 Å². The van der Waals surface area contributed by atoms with Gasteiger partial charge in [-0.2, -0.15) is 11.8 Å². The summed E-state index contributed by atoms with van der Waals surface area (Å²) in [7, 11) is 0. The summed E-state index contributed by atoms with van der Waals surface area (Å²) >= 11 is 3.00. The predicted molar refractivity (Wildman–Crippen MR) is 76.1 cm³/mol. The molecule has 0 aliphatic heterocycles. The number of hydrogen-bond acceptors (Lipinski definition) is 5. The summed E-state index contributed by atoms with van der Waals surface area (Å²) in [6.45, 7) is 2.14. The third kappa shape index (κ3) is 3.70. The highest BCUT2D eigenvalue weighted by atomic mass is 32.2. The molecule has 0 spiro atoms. The first-order chi connectivity index (χ1) is 9.10. The van der Waals surface area contributed by atoms with Gasteiger partial charge in [0.25, 0.3) is 5.91 Å². The van der Waals surface area contributed by atoms with Crippen molar-refractivity contribution in [1.82, 2.24) is 10.3 Å². The molecule has 1 fully saturated rings. The zero-order valence-corrected chi connectivity index (χ0v) is 12.2. The number of carboxylic acids is 1. The predicted octanol–water partition coefficient (Wildman–Crippen LogP) is 2.25. The van der Waals surface area contributed by atoms with Gasteiger partial charge in [0, 0.05) is 16.7 Å². The van der Waals surface area contributed by atoms with Crippen LogP contribution < -0.4 is 5.32 Å². The van der Waals surface area contributed by atoms with Crippen LogP contribution in [0.2, 0.25) is 0 Å². The quantitative estimate of drug-likeness (QED) is 0.872. The number of aromatic carboxylic acids is 1. The van der Waals surface area contributed by atoms with Gasteiger partial charge in [-0.25, -0.2) is 9.78 Å². The maximum absolute atomic E-state index is 11.9. The van der Waals surface area contributed by atoms with E-state index in [-0.39, 0.29) is 22.7 Å². The number of carbonyl (C=O) groups is 2. The Morgan fingerprint density at radius 2 is 2.37 bits per heavy atom. The van der Waals surface area contributed by atoms with Crippen molar-refractivity contribution in [3.05, 3.63) is 16.1 Å². The van der Waals surface area contributed by atoms with Crippen molar-refractivity contribution in [2.45, 2.75) is 37.5 Å². The molecule has 0 radical (unpaired) electrons. The van der Waals surface area contributed by atoms with E-state index in [1.165, 1.54) is 5.38 Å². The van der Waals surface area contributed by atoms with Gasteiger partial charge in [0.15, 0.2) is 10.7 Å². The maximum Gasteiger partial charge on any atom is 0.355 e. The van der Waals surface area contributed by atoms with Crippen LogP contribution in [0.5, 0.6) is 0 Å². The van der Waals surface area contributed by atoms with Crippen molar-refractivity contribution >= 4 is 35.0 Å². The number of thioether (sulfide) groups is 1. The molecule has 0 bridgehead atoms. The van der Waals surface area contributed by atoms with E-state index in [9.17, 15) is 9.59 Å². The molecule has 104 valence electrons. The number of carbonyl (C=O) groups excluding carboxylic acids is 1. The highest BCUT2D eigenvalue weighted by molar-refractivity contribution is 7.99. The summed E-state index contributed by atoms with van der Waals surface area (Å²) in [4.78, 5) is 26.5. The second kappa shape index (κ2) is 6.38. The Labute approximate surface area is 119 Å². The first-order valence-corrected chi connectivity index (χ1v) is 8.14. The molecule has 1 saturated carbocycles. The van der Waals surface area contributed by atoms with Crippen LogP contribution in [0.1, 0.15) is 46.5 Å². The van der Waals surface area contributed by atoms with Crippen LogP contribution in [0.25, 0.3) is 0 Å². The molecule has 1 aliphatic rings. The van der Waals surface area contributed by atoms with Crippen molar-refractivity contribution in [2.24, 2.45) is 0 Å². The molecule has 0 aromatic carbocycles. The lowest BCUT2D eigenvalue weighted by Crippen LogP contribution is -2.33. The smallest absolute Gasteiger partial charge is 0.355 e. The van der Waals surface area contributed by atoms with Crippen molar-refractivity contribution in [2.75, 3.05) is 5.75 Å². The minimum Gasteiger partial charge on any atom is -0.476 e. The Hall–Kier alpha value is -1.08. The lowest BCUT2D eigenvalue weighted by Gasteiger charge is -2.11. The van der Waals surface area contributed by atoms with Gasteiger partial charge in [0.05, 0.1) is 0 Å². The number of aromatic nitrogens is 1. The molecule has 2 rings (SSSR count). The maximum atomic E-state index is 11.9. The third-order valence-electron chi connectivity index (χ3n) is 3.04. The largest absolute Gasteiger partial charge is 0.476 e. The number of thiazole rings is 1. The summed E-state index contributed by atoms with van der Waals surface area (Å²) in [5, 5.41) is 13.9. The van der Waals surface area contributed by atoms with Gasteiger partial charge < -0.3 is 10.4 Å². The topological polar surface area (TPSA) is 79.3 Å². The second-order valence-corrected chi connectivity index (χ2v) is 6.84. The first-order valence-electron chi connectivity index (χ1n) is 6.21. The highest BCUT2D eigenvalue weighted by Gasteiger charge is 2.27. The van der Waals surface area contributed by atoms with Crippen molar-refractivity contribution in [3.63, 3.8) is 0 Å².